The lowest BCUT2D eigenvalue weighted by molar-refractivity contribution is 0.240. The minimum absolute atomic E-state index is 0.0999. The number of hydrogen-bond acceptors (Lipinski definition) is 1. The molecule has 0 bridgehead atoms. The highest BCUT2D eigenvalue weighted by Crippen LogP contribution is 2.50. The largest absolute Gasteiger partial charge is 0.485 e. The molecular formula is C44H35NO. The lowest BCUT2D eigenvalue weighted by atomic mass is 9.75. The van der Waals surface area contributed by atoms with E-state index in [1.54, 1.807) is 0 Å². The van der Waals surface area contributed by atoms with Gasteiger partial charge in [-0.2, -0.15) is 0 Å². The fourth-order valence-electron chi connectivity index (χ4n) is 7.98. The van der Waals surface area contributed by atoms with Crippen molar-refractivity contribution in [3.05, 3.63) is 180 Å². The normalized spacial score (nSPS) is 19.1. The molecule has 0 saturated heterocycles. The molecule has 0 fully saturated rings. The Hall–Kier alpha value is -5.34. The molecular weight excluding hydrogens is 558 g/mol. The summed E-state index contributed by atoms with van der Waals surface area (Å²) in [6, 6.07) is 53.0. The zero-order chi connectivity index (χ0) is 30.6. The van der Waals surface area contributed by atoms with E-state index >= 15 is 0 Å². The summed E-state index contributed by atoms with van der Waals surface area (Å²) in [5.74, 6) is 2.04. The van der Waals surface area contributed by atoms with E-state index in [-0.39, 0.29) is 6.10 Å². The van der Waals surface area contributed by atoms with Crippen LogP contribution in [-0.2, 0) is 0 Å². The maximum Gasteiger partial charge on any atom is 0.124 e. The molecule has 7 aromatic rings. The van der Waals surface area contributed by atoms with Crippen LogP contribution in [0.25, 0.3) is 38.6 Å². The molecule has 1 aromatic heterocycles. The molecule has 2 heteroatoms. The minimum atomic E-state index is 0.0999. The number of hydrogen-bond donors (Lipinski definition) is 0. The van der Waals surface area contributed by atoms with Gasteiger partial charge in [0.15, 0.2) is 0 Å². The summed E-state index contributed by atoms with van der Waals surface area (Å²) < 4.78 is 8.91. The summed E-state index contributed by atoms with van der Waals surface area (Å²) in [6.07, 6.45) is 5.83. The molecule has 9 rings (SSSR count). The number of ether oxygens (including phenoxy) is 1. The molecule has 1 aliphatic carbocycles. The van der Waals surface area contributed by atoms with Gasteiger partial charge in [0.1, 0.15) is 11.9 Å². The topological polar surface area (TPSA) is 14.2 Å². The van der Waals surface area contributed by atoms with Gasteiger partial charge in [0, 0.05) is 39.8 Å². The molecule has 6 aromatic carbocycles. The molecule has 2 nitrogen and oxygen atoms in total. The molecule has 4 atom stereocenters. The standard InChI is InChI=1S/C44H35NO/c1-29(30-12-4-2-5-13-30)36-19-11-21-43-44(36)39-28-34(23-25-42(39)46-43)32-15-10-14-31(26-32)33-22-24-41-38(27-33)37-18-8-9-20-40(37)45(41)35-16-6-3-7-17-35/h2-27,29,34,39,42H,28H2,1H3. The van der Waals surface area contributed by atoms with Crippen LogP contribution in [0.2, 0.25) is 0 Å². The Labute approximate surface area is 270 Å². The maximum atomic E-state index is 6.54. The first-order valence-corrected chi connectivity index (χ1v) is 16.4. The monoisotopic (exact) mass is 593 g/mol. The number of benzene rings is 6. The van der Waals surface area contributed by atoms with E-state index in [4.69, 9.17) is 4.74 Å². The van der Waals surface area contributed by atoms with Gasteiger partial charge in [-0.05, 0) is 76.7 Å². The van der Waals surface area contributed by atoms with Crippen LogP contribution in [0.1, 0.15) is 53.4 Å². The number of para-hydroxylation sites is 2. The molecule has 0 N–H and O–H groups in total. The third-order valence-corrected chi connectivity index (χ3v) is 10.3. The smallest absolute Gasteiger partial charge is 0.124 e. The first-order valence-electron chi connectivity index (χ1n) is 16.4. The average Bonchev–Trinajstić information content (AvgIpc) is 3.67. The lowest BCUT2D eigenvalue weighted by Gasteiger charge is -2.28. The third kappa shape index (κ3) is 4.40. The van der Waals surface area contributed by atoms with E-state index in [0.717, 1.165) is 12.2 Å². The predicted molar refractivity (Wildman–Crippen MR) is 190 cm³/mol. The van der Waals surface area contributed by atoms with Crippen molar-refractivity contribution in [3.63, 3.8) is 0 Å². The van der Waals surface area contributed by atoms with E-state index in [9.17, 15) is 0 Å². The second kappa shape index (κ2) is 10.9. The maximum absolute atomic E-state index is 6.54. The first-order chi connectivity index (χ1) is 22.7. The quantitative estimate of drug-likeness (QED) is 0.181. The number of allylic oxidation sites excluding steroid dienone is 1. The summed E-state index contributed by atoms with van der Waals surface area (Å²) >= 11 is 0. The Kier molecular flexibility index (Phi) is 6.41. The summed E-state index contributed by atoms with van der Waals surface area (Å²) in [5.41, 5.74) is 11.6. The van der Waals surface area contributed by atoms with Gasteiger partial charge in [0.05, 0.1) is 11.0 Å². The van der Waals surface area contributed by atoms with Gasteiger partial charge >= 0.3 is 0 Å². The molecule has 0 spiro atoms. The number of aromatic nitrogens is 1. The summed E-state index contributed by atoms with van der Waals surface area (Å²) in [5, 5.41) is 2.56. The van der Waals surface area contributed by atoms with Crippen LogP contribution in [0.15, 0.2) is 158 Å². The highest BCUT2D eigenvalue weighted by molar-refractivity contribution is 6.10. The van der Waals surface area contributed by atoms with Crippen molar-refractivity contribution in [1.82, 2.24) is 4.57 Å². The molecule has 0 amide bonds. The molecule has 0 saturated carbocycles. The van der Waals surface area contributed by atoms with Crippen LogP contribution in [0, 0.1) is 0 Å². The van der Waals surface area contributed by atoms with Crippen molar-refractivity contribution in [2.24, 2.45) is 0 Å². The third-order valence-electron chi connectivity index (χ3n) is 10.3. The van der Waals surface area contributed by atoms with Gasteiger partial charge in [-0.25, -0.2) is 0 Å². The van der Waals surface area contributed by atoms with E-state index in [1.807, 2.05) is 0 Å². The fraction of sp³-hybridized carbons (Fsp3) is 0.136. The van der Waals surface area contributed by atoms with E-state index < -0.39 is 0 Å². The Balaban J connectivity index is 1.07. The van der Waals surface area contributed by atoms with Gasteiger partial charge in [-0.3, -0.25) is 0 Å². The van der Waals surface area contributed by atoms with Gasteiger partial charge in [0.2, 0.25) is 0 Å². The highest BCUT2D eigenvalue weighted by atomic mass is 16.5. The van der Waals surface area contributed by atoms with E-state index in [2.05, 4.69) is 169 Å². The molecule has 2 aliphatic rings. The molecule has 2 heterocycles. The second-order valence-electron chi connectivity index (χ2n) is 12.9. The lowest BCUT2D eigenvalue weighted by Crippen LogP contribution is -2.22. The van der Waals surface area contributed by atoms with Gasteiger partial charge in [0.25, 0.3) is 0 Å². The van der Waals surface area contributed by atoms with Gasteiger partial charge in [-0.1, -0.05) is 122 Å². The summed E-state index contributed by atoms with van der Waals surface area (Å²) in [6.45, 7) is 2.33. The number of nitrogens with zero attached hydrogens (tertiary/aromatic N) is 1. The Bertz CT molecular complexity index is 2240. The van der Waals surface area contributed by atoms with Crippen molar-refractivity contribution in [3.8, 4) is 22.6 Å². The van der Waals surface area contributed by atoms with Crippen LogP contribution in [0.4, 0.5) is 0 Å². The molecule has 1 aliphatic heterocycles. The molecule has 4 unspecified atom stereocenters. The van der Waals surface area contributed by atoms with Crippen LogP contribution >= 0.6 is 0 Å². The van der Waals surface area contributed by atoms with Crippen molar-refractivity contribution in [2.45, 2.75) is 37.2 Å². The predicted octanol–water partition coefficient (Wildman–Crippen LogP) is 11.2. The van der Waals surface area contributed by atoms with Gasteiger partial charge in [-0.15, -0.1) is 0 Å². The summed E-state index contributed by atoms with van der Waals surface area (Å²) in [4.78, 5) is 0. The fourth-order valence-corrected chi connectivity index (χ4v) is 7.98. The van der Waals surface area contributed by atoms with Crippen molar-refractivity contribution in [1.29, 1.82) is 0 Å². The van der Waals surface area contributed by atoms with Crippen LogP contribution in [-0.4, -0.2) is 10.7 Å². The van der Waals surface area contributed by atoms with Crippen molar-refractivity contribution in [2.75, 3.05) is 0 Å². The highest BCUT2D eigenvalue weighted by Gasteiger charge is 2.39. The van der Waals surface area contributed by atoms with Gasteiger partial charge < -0.3 is 9.30 Å². The Morgan fingerprint density at radius 2 is 1.37 bits per heavy atom. The van der Waals surface area contributed by atoms with Crippen LogP contribution in [0.3, 0.4) is 0 Å². The van der Waals surface area contributed by atoms with E-state index in [0.29, 0.717) is 17.8 Å². The summed E-state index contributed by atoms with van der Waals surface area (Å²) in [7, 11) is 0. The van der Waals surface area contributed by atoms with E-state index in [1.165, 1.54) is 60.9 Å². The second-order valence-corrected chi connectivity index (χ2v) is 12.9. The number of rotatable bonds is 5. The van der Waals surface area contributed by atoms with Crippen LogP contribution < -0.4 is 4.74 Å². The van der Waals surface area contributed by atoms with Crippen molar-refractivity contribution < 1.29 is 4.74 Å². The molecule has 0 radical (unpaired) electrons. The number of fused-ring (bicyclic) bond motifs is 6. The van der Waals surface area contributed by atoms with Crippen LogP contribution in [0.5, 0.6) is 5.75 Å². The first kappa shape index (κ1) is 27.0. The van der Waals surface area contributed by atoms with Crippen molar-refractivity contribution >= 4 is 21.8 Å². The Morgan fingerprint density at radius 1 is 0.630 bits per heavy atom. The minimum Gasteiger partial charge on any atom is -0.485 e. The average molecular weight is 594 g/mol. The molecule has 222 valence electrons. The zero-order valence-electron chi connectivity index (χ0n) is 25.9. The Morgan fingerprint density at radius 3 is 2.24 bits per heavy atom. The zero-order valence-corrected chi connectivity index (χ0v) is 25.9. The SMILES string of the molecule is CC(c1ccccc1)c1cccc2c1C1CC(c3cccc(-c4ccc5c(c4)c4ccccc4n5-c4ccccc4)c3)C=CC1O2. The molecule has 46 heavy (non-hydrogen) atoms.